The van der Waals surface area contributed by atoms with Gasteiger partial charge in [0, 0.05) is 43.9 Å². The largest absolute Gasteiger partial charge is 0.466 e. The molecule has 6 nitrogen and oxygen atoms in total. The van der Waals surface area contributed by atoms with Crippen LogP contribution >= 0.6 is 0 Å². The van der Waals surface area contributed by atoms with Crippen molar-refractivity contribution in [1.82, 2.24) is 4.98 Å². The predicted octanol–water partition coefficient (Wildman–Crippen LogP) is 5.85. The van der Waals surface area contributed by atoms with Gasteiger partial charge in [0.2, 0.25) is 0 Å². The Morgan fingerprint density at radius 3 is 2.19 bits per heavy atom. The van der Waals surface area contributed by atoms with Crippen molar-refractivity contribution in [3.8, 4) is 11.1 Å². The number of carbonyl (C=O) groups excluding carboxylic acids is 2. The molecule has 0 saturated carbocycles. The summed E-state index contributed by atoms with van der Waals surface area (Å²) in [6.45, 7) is 0.373. The summed E-state index contributed by atoms with van der Waals surface area (Å²) in [5.74, 6) is -0.601. The second-order valence-electron chi connectivity index (χ2n) is 8.72. The van der Waals surface area contributed by atoms with Gasteiger partial charge >= 0.3 is 5.97 Å². The van der Waals surface area contributed by atoms with E-state index in [2.05, 4.69) is 51.0 Å². The van der Waals surface area contributed by atoms with Crippen molar-refractivity contribution in [2.45, 2.75) is 6.54 Å². The first kappa shape index (κ1) is 25.4. The highest BCUT2D eigenvalue weighted by Gasteiger charge is 2.19. The van der Waals surface area contributed by atoms with Gasteiger partial charge in [0.1, 0.15) is 0 Å². The molecule has 186 valence electrons. The Morgan fingerprint density at radius 2 is 1.57 bits per heavy atom. The second kappa shape index (κ2) is 11.8. The fourth-order valence-corrected chi connectivity index (χ4v) is 3.89. The monoisotopic (exact) mass is 491 g/mol. The Morgan fingerprint density at radius 1 is 0.865 bits per heavy atom. The number of rotatable bonds is 8. The lowest BCUT2D eigenvalue weighted by Gasteiger charge is -2.24. The summed E-state index contributed by atoms with van der Waals surface area (Å²) in [5.41, 5.74) is 6.36. The molecule has 6 heteroatoms. The van der Waals surface area contributed by atoms with Gasteiger partial charge in [-0.15, -0.1) is 0 Å². The molecular formula is C31H29N3O3. The number of ether oxygens (including phenoxy) is 1. The van der Waals surface area contributed by atoms with Crippen molar-refractivity contribution in [2.24, 2.45) is 0 Å². The molecule has 0 atom stereocenters. The van der Waals surface area contributed by atoms with Gasteiger partial charge in [0.15, 0.2) is 0 Å². The third-order valence-electron chi connectivity index (χ3n) is 5.96. The van der Waals surface area contributed by atoms with Crippen LogP contribution in [0, 0.1) is 0 Å². The molecule has 0 aliphatic rings. The standard InChI is InChI=1S/C31H29N3O3/c1-33(2)28-16-14-26(15-17-28)25-12-9-24(10-13-25)22-34(31(36)27-7-5-19-32-21-27)29-8-4-6-23(20-29)11-18-30(35)37-3/h4-21H,22H2,1-3H3/b18-11+. The molecular weight excluding hydrogens is 462 g/mol. The van der Waals surface area contributed by atoms with E-state index in [0.717, 1.165) is 27.9 Å². The van der Waals surface area contributed by atoms with E-state index in [0.29, 0.717) is 17.8 Å². The average molecular weight is 492 g/mol. The van der Waals surface area contributed by atoms with Gasteiger partial charge in [-0.05, 0) is 64.7 Å². The Bertz CT molecular complexity index is 1380. The van der Waals surface area contributed by atoms with E-state index in [9.17, 15) is 9.59 Å². The van der Waals surface area contributed by atoms with Crippen LogP contribution in [-0.4, -0.2) is 38.1 Å². The first-order chi connectivity index (χ1) is 17.9. The molecule has 0 N–H and O–H groups in total. The van der Waals surface area contributed by atoms with E-state index in [1.807, 2.05) is 50.5 Å². The van der Waals surface area contributed by atoms with E-state index in [1.54, 1.807) is 35.5 Å². The minimum absolute atomic E-state index is 0.162. The Balaban J connectivity index is 1.62. The number of aromatic nitrogens is 1. The number of benzene rings is 3. The van der Waals surface area contributed by atoms with Crippen LogP contribution in [0.25, 0.3) is 17.2 Å². The van der Waals surface area contributed by atoms with Gasteiger partial charge in [-0.1, -0.05) is 48.5 Å². The molecule has 4 rings (SSSR count). The van der Waals surface area contributed by atoms with Crippen LogP contribution in [0.4, 0.5) is 11.4 Å². The molecule has 0 saturated heterocycles. The quantitative estimate of drug-likeness (QED) is 0.229. The maximum Gasteiger partial charge on any atom is 0.330 e. The number of nitrogens with zero attached hydrogens (tertiary/aromatic N) is 3. The highest BCUT2D eigenvalue weighted by molar-refractivity contribution is 6.06. The lowest BCUT2D eigenvalue weighted by atomic mass is 10.0. The highest BCUT2D eigenvalue weighted by Crippen LogP contribution is 2.26. The third kappa shape index (κ3) is 6.49. The number of amides is 1. The van der Waals surface area contributed by atoms with E-state index in [-0.39, 0.29) is 5.91 Å². The molecule has 0 bridgehead atoms. The number of esters is 1. The maximum atomic E-state index is 13.5. The molecule has 1 aromatic heterocycles. The summed E-state index contributed by atoms with van der Waals surface area (Å²) in [5, 5.41) is 0. The summed E-state index contributed by atoms with van der Waals surface area (Å²) in [7, 11) is 5.38. The normalized spacial score (nSPS) is 10.8. The smallest absolute Gasteiger partial charge is 0.330 e. The van der Waals surface area contributed by atoms with Crippen molar-refractivity contribution in [3.05, 3.63) is 120 Å². The Hall–Kier alpha value is -4.71. The van der Waals surface area contributed by atoms with Crippen molar-refractivity contribution in [3.63, 3.8) is 0 Å². The maximum absolute atomic E-state index is 13.5. The molecule has 1 amide bonds. The number of hydrogen-bond donors (Lipinski definition) is 0. The van der Waals surface area contributed by atoms with Gasteiger partial charge < -0.3 is 14.5 Å². The van der Waals surface area contributed by atoms with Crippen LogP contribution in [0.5, 0.6) is 0 Å². The van der Waals surface area contributed by atoms with Crippen LogP contribution in [0.15, 0.2) is 103 Å². The van der Waals surface area contributed by atoms with Gasteiger partial charge in [0.25, 0.3) is 5.91 Å². The number of carbonyl (C=O) groups is 2. The molecule has 0 unspecified atom stereocenters. The molecule has 0 fully saturated rings. The van der Waals surface area contributed by atoms with E-state index < -0.39 is 5.97 Å². The third-order valence-corrected chi connectivity index (χ3v) is 5.96. The van der Waals surface area contributed by atoms with Crippen LogP contribution in [0.1, 0.15) is 21.5 Å². The van der Waals surface area contributed by atoms with Crippen LogP contribution in [-0.2, 0) is 16.1 Å². The van der Waals surface area contributed by atoms with Gasteiger partial charge in [-0.2, -0.15) is 0 Å². The van der Waals surface area contributed by atoms with Crippen molar-refractivity contribution < 1.29 is 14.3 Å². The zero-order chi connectivity index (χ0) is 26.2. The first-order valence-corrected chi connectivity index (χ1v) is 11.9. The molecule has 0 aliphatic heterocycles. The number of hydrogen-bond acceptors (Lipinski definition) is 5. The van der Waals surface area contributed by atoms with Gasteiger partial charge in [-0.3, -0.25) is 9.78 Å². The van der Waals surface area contributed by atoms with Crippen LogP contribution in [0.2, 0.25) is 0 Å². The molecule has 3 aromatic carbocycles. The zero-order valence-electron chi connectivity index (χ0n) is 21.2. The molecule has 0 aliphatic carbocycles. The second-order valence-corrected chi connectivity index (χ2v) is 8.72. The summed E-state index contributed by atoms with van der Waals surface area (Å²) < 4.78 is 4.68. The summed E-state index contributed by atoms with van der Waals surface area (Å²) >= 11 is 0. The lowest BCUT2D eigenvalue weighted by molar-refractivity contribution is -0.134. The van der Waals surface area contributed by atoms with E-state index in [4.69, 9.17) is 0 Å². The van der Waals surface area contributed by atoms with Crippen LogP contribution in [0.3, 0.4) is 0 Å². The predicted molar refractivity (Wildman–Crippen MR) is 148 cm³/mol. The molecule has 0 radical (unpaired) electrons. The van der Waals surface area contributed by atoms with Crippen molar-refractivity contribution >= 4 is 29.3 Å². The van der Waals surface area contributed by atoms with E-state index >= 15 is 0 Å². The number of anilines is 2. The average Bonchev–Trinajstić information content (AvgIpc) is 2.95. The number of methoxy groups -OCH3 is 1. The molecule has 1 heterocycles. The minimum atomic E-state index is -0.440. The topological polar surface area (TPSA) is 62.7 Å². The molecule has 0 spiro atoms. The summed E-state index contributed by atoms with van der Waals surface area (Å²) in [6, 6.07) is 27.6. The molecule has 37 heavy (non-hydrogen) atoms. The Kier molecular flexibility index (Phi) is 8.11. The zero-order valence-corrected chi connectivity index (χ0v) is 21.2. The molecule has 4 aromatic rings. The first-order valence-electron chi connectivity index (χ1n) is 11.9. The minimum Gasteiger partial charge on any atom is -0.466 e. The van der Waals surface area contributed by atoms with Gasteiger partial charge in [0.05, 0.1) is 19.2 Å². The van der Waals surface area contributed by atoms with Crippen molar-refractivity contribution in [1.29, 1.82) is 0 Å². The summed E-state index contributed by atoms with van der Waals surface area (Å²) in [4.78, 5) is 33.0. The van der Waals surface area contributed by atoms with Crippen LogP contribution < -0.4 is 9.80 Å². The fraction of sp³-hybridized carbons (Fsp3) is 0.129. The fourth-order valence-electron chi connectivity index (χ4n) is 3.89. The lowest BCUT2D eigenvalue weighted by Crippen LogP contribution is -2.30. The number of pyridine rings is 1. The highest BCUT2D eigenvalue weighted by atomic mass is 16.5. The van der Waals surface area contributed by atoms with Gasteiger partial charge in [-0.25, -0.2) is 4.79 Å². The SMILES string of the molecule is COC(=O)/C=C/c1cccc(N(Cc2ccc(-c3ccc(N(C)C)cc3)cc2)C(=O)c2cccnc2)c1. The Labute approximate surface area is 217 Å². The summed E-state index contributed by atoms with van der Waals surface area (Å²) in [6.07, 6.45) is 6.23. The van der Waals surface area contributed by atoms with E-state index in [1.165, 1.54) is 13.2 Å². The van der Waals surface area contributed by atoms with Crippen molar-refractivity contribution in [2.75, 3.05) is 31.0 Å².